The maximum atomic E-state index is 10.3. The van der Waals surface area contributed by atoms with E-state index in [0.717, 1.165) is 30.6 Å². The van der Waals surface area contributed by atoms with Gasteiger partial charge in [0.1, 0.15) is 0 Å². The third kappa shape index (κ3) is 3.83. The fourth-order valence-electron chi connectivity index (χ4n) is 2.09. The quantitative estimate of drug-likeness (QED) is 0.667. The number of aromatic nitrogens is 1. The number of hydrogen-bond acceptors (Lipinski definition) is 2. The van der Waals surface area contributed by atoms with Crippen LogP contribution in [0, 0.1) is 5.92 Å². The molecule has 1 heterocycles. The Labute approximate surface area is 113 Å². The van der Waals surface area contributed by atoms with Gasteiger partial charge in [0, 0.05) is 24.3 Å². The van der Waals surface area contributed by atoms with E-state index in [2.05, 4.69) is 47.7 Å². The van der Waals surface area contributed by atoms with Crippen LogP contribution in [-0.4, -0.2) is 17.9 Å². The summed E-state index contributed by atoms with van der Waals surface area (Å²) in [5.74, 6) is 0.658. The molecule has 0 aliphatic rings. The van der Waals surface area contributed by atoms with Crippen molar-refractivity contribution in [2.45, 2.75) is 26.9 Å². The van der Waals surface area contributed by atoms with E-state index in [9.17, 15) is 4.79 Å². The lowest BCUT2D eigenvalue weighted by atomic mass is 10.1. The Bertz CT molecular complexity index is 545. The summed E-state index contributed by atoms with van der Waals surface area (Å²) in [7, 11) is 0. The van der Waals surface area contributed by atoms with Crippen molar-refractivity contribution >= 4 is 17.3 Å². The van der Waals surface area contributed by atoms with E-state index in [1.807, 2.05) is 6.07 Å². The Morgan fingerprint density at radius 1 is 1.26 bits per heavy atom. The number of rotatable bonds is 7. The Kier molecular flexibility index (Phi) is 4.58. The van der Waals surface area contributed by atoms with Crippen LogP contribution in [0.2, 0.25) is 0 Å². The van der Waals surface area contributed by atoms with E-state index in [0.29, 0.717) is 12.5 Å². The van der Waals surface area contributed by atoms with Crippen molar-refractivity contribution < 1.29 is 4.79 Å². The number of hydrogen-bond donors (Lipinski definition) is 3. The molecule has 4 nitrogen and oxygen atoms in total. The Balaban J connectivity index is 2.05. The third-order valence-corrected chi connectivity index (χ3v) is 3.00. The van der Waals surface area contributed by atoms with Gasteiger partial charge in [0.05, 0.1) is 0 Å². The molecule has 0 saturated heterocycles. The Hall–Kier alpha value is -1.81. The minimum atomic E-state index is 0.569. The number of amides is 1. The molecule has 3 N–H and O–H groups in total. The lowest BCUT2D eigenvalue weighted by Gasteiger charge is -2.05. The monoisotopic (exact) mass is 259 g/mol. The summed E-state index contributed by atoms with van der Waals surface area (Å²) >= 11 is 0. The van der Waals surface area contributed by atoms with Crippen molar-refractivity contribution in [1.82, 2.24) is 15.6 Å². The molecule has 4 heteroatoms. The minimum Gasteiger partial charge on any atom is -0.357 e. The standard InChI is InChI=1S/C15H21N3O/c1-11(2)7-16-9-14-6-13-4-3-12(8-17-10-19)5-15(13)18-14/h3-6,10-11,16,18H,7-9H2,1-2H3,(H,17,19). The van der Waals surface area contributed by atoms with Gasteiger partial charge >= 0.3 is 0 Å². The van der Waals surface area contributed by atoms with Crippen LogP contribution in [0.5, 0.6) is 0 Å². The molecule has 2 aromatic rings. The number of benzene rings is 1. The van der Waals surface area contributed by atoms with E-state index in [4.69, 9.17) is 0 Å². The lowest BCUT2D eigenvalue weighted by molar-refractivity contribution is -0.109. The predicted molar refractivity (Wildman–Crippen MR) is 77.7 cm³/mol. The first-order valence-electron chi connectivity index (χ1n) is 6.67. The van der Waals surface area contributed by atoms with Crippen LogP contribution in [0.15, 0.2) is 24.3 Å². The second-order valence-electron chi connectivity index (χ2n) is 5.24. The number of nitrogens with one attached hydrogen (secondary N) is 3. The fraction of sp³-hybridized carbons (Fsp3) is 0.400. The topological polar surface area (TPSA) is 56.9 Å². The molecule has 19 heavy (non-hydrogen) atoms. The lowest BCUT2D eigenvalue weighted by Crippen LogP contribution is -2.19. The predicted octanol–water partition coefficient (Wildman–Crippen LogP) is 2.16. The smallest absolute Gasteiger partial charge is 0.207 e. The summed E-state index contributed by atoms with van der Waals surface area (Å²) in [6.07, 6.45) is 0.722. The molecule has 1 amide bonds. The summed E-state index contributed by atoms with van der Waals surface area (Å²) in [6.45, 7) is 6.84. The van der Waals surface area contributed by atoms with Crippen molar-refractivity contribution in [3.63, 3.8) is 0 Å². The highest BCUT2D eigenvalue weighted by molar-refractivity contribution is 5.81. The number of fused-ring (bicyclic) bond motifs is 1. The van der Waals surface area contributed by atoms with Crippen LogP contribution < -0.4 is 10.6 Å². The van der Waals surface area contributed by atoms with Crippen molar-refractivity contribution in [2.75, 3.05) is 6.54 Å². The third-order valence-electron chi connectivity index (χ3n) is 3.00. The Morgan fingerprint density at radius 3 is 2.84 bits per heavy atom. The highest BCUT2D eigenvalue weighted by Crippen LogP contribution is 2.17. The molecule has 2 rings (SSSR count). The normalized spacial score (nSPS) is 11.1. The number of carbonyl (C=O) groups excluding carboxylic acids is 1. The first-order valence-corrected chi connectivity index (χ1v) is 6.67. The Morgan fingerprint density at radius 2 is 2.11 bits per heavy atom. The number of H-pyrrole nitrogens is 1. The van der Waals surface area contributed by atoms with Crippen LogP contribution in [0.25, 0.3) is 10.9 Å². The molecule has 0 aliphatic heterocycles. The maximum Gasteiger partial charge on any atom is 0.207 e. The SMILES string of the molecule is CC(C)CNCc1cc2ccc(CNC=O)cc2[nH]1. The van der Waals surface area contributed by atoms with Crippen LogP contribution in [-0.2, 0) is 17.9 Å². The van der Waals surface area contributed by atoms with Gasteiger partial charge in [0.25, 0.3) is 0 Å². The molecule has 0 aliphatic carbocycles. The van der Waals surface area contributed by atoms with Crippen LogP contribution in [0.4, 0.5) is 0 Å². The molecule has 0 unspecified atom stereocenters. The van der Waals surface area contributed by atoms with Crippen molar-refractivity contribution in [1.29, 1.82) is 0 Å². The fourth-order valence-corrected chi connectivity index (χ4v) is 2.09. The molecule has 0 spiro atoms. The summed E-state index contributed by atoms with van der Waals surface area (Å²) < 4.78 is 0. The van der Waals surface area contributed by atoms with E-state index >= 15 is 0 Å². The largest absolute Gasteiger partial charge is 0.357 e. The van der Waals surface area contributed by atoms with E-state index < -0.39 is 0 Å². The average Bonchev–Trinajstić information content (AvgIpc) is 2.77. The zero-order valence-electron chi connectivity index (χ0n) is 11.5. The molecule has 1 aromatic carbocycles. The second-order valence-corrected chi connectivity index (χ2v) is 5.24. The molecule has 0 atom stereocenters. The number of aromatic amines is 1. The van der Waals surface area contributed by atoms with Gasteiger partial charge < -0.3 is 15.6 Å². The van der Waals surface area contributed by atoms with Gasteiger partial charge in [-0.1, -0.05) is 26.0 Å². The second kappa shape index (κ2) is 6.38. The molecule has 0 fully saturated rings. The van der Waals surface area contributed by atoms with Crippen LogP contribution in [0.3, 0.4) is 0 Å². The van der Waals surface area contributed by atoms with Gasteiger partial charge in [0.2, 0.25) is 6.41 Å². The van der Waals surface area contributed by atoms with Gasteiger partial charge in [-0.3, -0.25) is 4.79 Å². The van der Waals surface area contributed by atoms with Crippen molar-refractivity contribution in [3.8, 4) is 0 Å². The molecule has 0 saturated carbocycles. The van der Waals surface area contributed by atoms with Crippen molar-refractivity contribution in [3.05, 3.63) is 35.5 Å². The molecular formula is C15H21N3O. The van der Waals surface area contributed by atoms with Gasteiger partial charge in [-0.15, -0.1) is 0 Å². The zero-order valence-corrected chi connectivity index (χ0v) is 11.5. The average molecular weight is 259 g/mol. The van der Waals surface area contributed by atoms with E-state index in [1.165, 1.54) is 11.1 Å². The van der Waals surface area contributed by atoms with Crippen LogP contribution in [0.1, 0.15) is 25.1 Å². The summed E-state index contributed by atoms with van der Waals surface area (Å²) in [4.78, 5) is 13.7. The highest BCUT2D eigenvalue weighted by atomic mass is 16.1. The summed E-state index contributed by atoms with van der Waals surface area (Å²) in [6, 6.07) is 8.37. The first-order chi connectivity index (χ1) is 9.19. The van der Waals surface area contributed by atoms with Gasteiger partial charge in [-0.2, -0.15) is 0 Å². The maximum absolute atomic E-state index is 10.3. The van der Waals surface area contributed by atoms with Gasteiger partial charge in [0.15, 0.2) is 0 Å². The van der Waals surface area contributed by atoms with Gasteiger partial charge in [-0.05, 0) is 35.5 Å². The number of carbonyl (C=O) groups is 1. The summed E-state index contributed by atoms with van der Waals surface area (Å²) in [5.41, 5.74) is 3.41. The molecule has 102 valence electrons. The van der Waals surface area contributed by atoms with Crippen LogP contribution >= 0.6 is 0 Å². The van der Waals surface area contributed by atoms with Gasteiger partial charge in [-0.25, -0.2) is 0 Å². The molecule has 0 radical (unpaired) electrons. The van der Waals surface area contributed by atoms with E-state index in [-0.39, 0.29) is 0 Å². The van der Waals surface area contributed by atoms with Crippen molar-refractivity contribution in [2.24, 2.45) is 5.92 Å². The molecule has 1 aromatic heterocycles. The van der Waals surface area contributed by atoms with E-state index in [1.54, 1.807) is 0 Å². The highest BCUT2D eigenvalue weighted by Gasteiger charge is 2.02. The first kappa shape index (κ1) is 13.6. The molecular weight excluding hydrogens is 238 g/mol. The minimum absolute atomic E-state index is 0.569. The molecule has 0 bridgehead atoms. The summed E-state index contributed by atoms with van der Waals surface area (Å²) in [5, 5.41) is 7.30. The zero-order chi connectivity index (χ0) is 13.7.